The summed E-state index contributed by atoms with van der Waals surface area (Å²) in [5.74, 6) is 0.725. The lowest BCUT2D eigenvalue weighted by atomic mass is 9.82. The van der Waals surface area contributed by atoms with E-state index in [1.165, 1.54) is 0 Å². The van der Waals surface area contributed by atoms with E-state index >= 15 is 0 Å². The van der Waals surface area contributed by atoms with Crippen molar-refractivity contribution in [1.29, 1.82) is 0 Å². The molecule has 7 nitrogen and oxygen atoms in total. The van der Waals surface area contributed by atoms with E-state index in [0.29, 0.717) is 25.6 Å². The lowest BCUT2D eigenvalue weighted by molar-refractivity contribution is 0.0122. The van der Waals surface area contributed by atoms with Crippen molar-refractivity contribution < 1.29 is 14.3 Å². The summed E-state index contributed by atoms with van der Waals surface area (Å²) in [4.78, 5) is 16.6. The van der Waals surface area contributed by atoms with E-state index in [2.05, 4.69) is 10.0 Å². The molecule has 2 fully saturated rings. The van der Waals surface area contributed by atoms with Gasteiger partial charge in [-0.3, -0.25) is 0 Å². The zero-order valence-electron chi connectivity index (χ0n) is 13.0. The first-order valence-corrected chi connectivity index (χ1v) is 7.54. The first-order valence-electron chi connectivity index (χ1n) is 7.54. The van der Waals surface area contributed by atoms with Crippen molar-refractivity contribution in [3.05, 3.63) is 10.4 Å². The third-order valence-electron chi connectivity index (χ3n) is 4.07. The van der Waals surface area contributed by atoms with Gasteiger partial charge in [-0.2, -0.15) is 0 Å². The van der Waals surface area contributed by atoms with Gasteiger partial charge in [-0.05, 0) is 57.4 Å². The van der Waals surface area contributed by atoms with Crippen LogP contribution in [0, 0.1) is 11.8 Å². The van der Waals surface area contributed by atoms with Gasteiger partial charge in [0.15, 0.2) is 0 Å². The van der Waals surface area contributed by atoms with Crippen LogP contribution in [0.1, 0.15) is 40.0 Å². The molecule has 0 N–H and O–H groups in total. The fourth-order valence-electron chi connectivity index (χ4n) is 3.07. The average molecular weight is 296 g/mol. The van der Waals surface area contributed by atoms with Crippen molar-refractivity contribution in [2.45, 2.75) is 51.9 Å². The van der Waals surface area contributed by atoms with E-state index in [9.17, 15) is 4.79 Å². The van der Waals surface area contributed by atoms with E-state index in [0.717, 1.165) is 19.3 Å². The molecule has 118 valence electrons. The van der Waals surface area contributed by atoms with Crippen molar-refractivity contribution in [3.63, 3.8) is 0 Å². The minimum Gasteiger partial charge on any atom is -0.444 e. The lowest BCUT2D eigenvalue weighted by Gasteiger charge is -2.36. The Bertz CT molecular complexity index is 420. The highest BCUT2D eigenvalue weighted by molar-refractivity contribution is 5.68. The third kappa shape index (κ3) is 4.25. The number of hydrogen-bond acceptors (Lipinski definition) is 4. The van der Waals surface area contributed by atoms with Crippen LogP contribution in [0.4, 0.5) is 4.79 Å². The van der Waals surface area contributed by atoms with Crippen LogP contribution >= 0.6 is 0 Å². The first kappa shape index (κ1) is 15.9. The predicted molar refractivity (Wildman–Crippen MR) is 77.5 cm³/mol. The van der Waals surface area contributed by atoms with Gasteiger partial charge in [0.1, 0.15) is 11.8 Å². The number of ether oxygens (including phenoxy) is 2. The van der Waals surface area contributed by atoms with E-state index in [4.69, 9.17) is 15.0 Å². The van der Waals surface area contributed by atoms with Gasteiger partial charge in [-0.15, -0.1) is 0 Å². The Labute approximate surface area is 125 Å². The predicted octanol–water partition coefficient (Wildman–Crippen LogP) is 3.31. The molecule has 0 aromatic carbocycles. The van der Waals surface area contributed by atoms with Crippen LogP contribution in [0.5, 0.6) is 0 Å². The topological polar surface area (TPSA) is 87.5 Å². The molecule has 0 spiro atoms. The van der Waals surface area contributed by atoms with Crippen molar-refractivity contribution >= 4 is 6.09 Å². The Morgan fingerprint density at radius 2 is 2.00 bits per heavy atom. The molecule has 2 heterocycles. The number of nitrogens with zero attached hydrogens (tertiary/aromatic N) is 4. The molecule has 1 unspecified atom stereocenters. The minimum absolute atomic E-state index is 0.241. The highest BCUT2D eigenvalue weighted by Gasteiger charge is 2.37. The van der Waals surface area contributed by atoms with Crippen LogP contribution in [-0.4, -0.2) is 42.5 Å². The molecule has 0 aromatic heterocycles. The number of amides is 1. The van der Waals surface area contributed by atoms with Gasteiger partial charge in [-0.25, -0.2) is 4.79 Å². The van der Waals surface area contributed by atoms with Crippen molar-refractivity contribution in [2.75, 3.05) is 19.7 Å². The molecule has 7 heteroatoms. The van der Waals surface area contributed by atoms with E-state index in [-0.39, 0.29) is 18.2 Å². The largest absolute Gasteiger partial charge is 0.444 e. The summed E-state index contributed by atoms with van der Waals surface area (Å²) in [6.45, 7) is 7.66. The van der Waals surface area contributed by atoms with E-state index < -0.39 is 5.60 Å². The number of carbonyl (C=O) groups excluding carboxylic acids is 1. The summed E-state index contributed by atoms with van der Waals surface area (Å²) >= 11 is 0. The number of likely N-dealkylation sites (tertiary alicyclic amines) is 1. The van der Waals surface area contributed by atoms with E-state index in [1.54, 1.807) is 4.90 Å². The zero-order valence-corrected chi connectivity index (χ0v) is 13.0. The summed E-state index contributed by atoms with van der Waals surface area (Å²) in [7, 11) is 0. The third-order valence-corrected chi connectivity index (χ3v) is 4.07. The van der Waals surface area contributed by atoms with E-state index in [1.807, 2.05) is 20.8 Å². The monoisotopic (exact) mass is 296 g/mol. The first-order chi connectivity index (χ1) is 9.90. The van der Waals surface area contributed by atoms with Gasteiger partial charge in [0.05, 0.1) is 0 Å². The molecule has 0 bridgehead atoms. The maximum absolute atomic E-state index is 12.0. The minimum atomic E-state index is -0.459. The Hall–Kier alpha value is -1.46. The fourth-order valence-corrected chi connectivity index (χ4v) is 3.07. The highest BCUT2D eigenvalue weighted by Crippen LogP contribution is 2.35. The second kappa shape index (κ2) is 6.54. The number of rotatable bonds is 2. The highest BCUT2D eigenvalue weighted by atomic mass is 16.6. The summed E-state index contributed by atoms with van der Waals surface area (Å²) in [5, 5.41) is 3.74. The van der Waals surface area contributed by atoms with Gasteiger partial charge in [0.25, 0.3) is 0 Å². The number of piperidine rings is 1. The number of carbonyl (C=O) groups is 1. The van der Waals surface area contributed by atoms with Crippen LogP contribution < -0.4 is 0 Å². The van der Waals surface area contributed by atoms with Gasteiger partial charge in [-0.1, -0.05) is 5.11 Å². The molecular formula is C14H24N4O3. The number of hydrogen-bond donors (Lipinski definition) is 0. The Kier molecular flexibility index (Phi) is 4.96. The zero-order chi connectivity index (χ0) is 15.5. The number of azide groups is 1. The maximum atomic E-state index is 12.0. The van der Waals surface area contributed by atoms with Crippen LogP contribution in [0.3, 0.4) is 0 Å². The normalized spacial score (nSPS) is 27.3. The molecular weight excluding hydrogens is 272 g/mol. The Balaban J connectivity index is 1.85. The smallest absolute Gasteiger partial charge is 0.410 e. The average Bonchev–Trinajstić information content (AvgIpc) is 2.86. The van der Waals surface area contributed by atoms with Crippen molar-refractivity contribution in [2.24, 2.45) is 17.0 Å². The Morgan fingerprint density at radius 3 is 2.57 bits per heavy atom. The van der Waals surface area contributed by atoms with Gasteiger partial charge in [0.2, 0.25) is 0 Å². The van der Waals surface area contributed by atoms with Gasteiger partial charge < -0.3 is 14.4 Å². The maximum Gasteiger partial charge on any atom is 0.410 e. The quantitative estimate of drug-likeness (QED) is 0.445. The Morgan fingerprint density at radius 1 is 1.33 bits per heavy atom. The SMILES string of the molecule is CC(C)(C)OC(=O)N1CCC(C2CCO[C@@H]2N=[N+]=[N-])CC1. The van der Waals surface area contributed by atoms with Crippen LogP contribution in [0.2, 0.25) is 0 Å². The molecule has 0 aromatic rings. The molecule has 2 aliphatic rings. The fraction of sp³-hybridized carbons (Fsp3) is 0.929. The molecule has 1 amide bonds. The molecule has 2 saturated heterocycles. The standard InChI is InChI=1S/C14H24N4O3/c1-14(2,3)21-13(19)18-7-4-10(5-8-18)11-6-9-20-12(11)16-17-15/h10-12H,4-9H2,1-3H3/t11?,12-/m0/s1. The summed E-state index contributed by atoms with van der Waals surface area (Å²) in [6, 6.07) is 0. The van der Waals surface area contributed by atoms with Crippen molar-refractivity contribution in [3.8, 4) is 0 Å². The summed E-state index contributed by atoms with van der Waals surface area (Å²) < 4.78 is 10.9. The molecule has 2 atom stereocenters. The molecule has 21 heavy (non-hydrogen) atoms. The summed E-state index contributed by atoms with van der Waals surface area (Å²) in [5.41, 5.74) is 8.12. The second-order valence-corrected chi connectivity index (χ2v) is 6.72. The molecule has 2 rings (SSSR count). The molecule has 2 aliphatic heterocycles. The second-order valence-electron chi connectivity index (χ2n) is 6.72. The molecule has 0 radical (unpaired) electrons. The lowest BCUT2D eigenvalue weighted by Crippen LogP contribution is -2.43. The van der Waals surface area contributed by atoms with Crippen LogP contribution in [-0.2, 0) is 9.47 Å². The van der Waals surface area contributed by atoms with Crippen LogP contribution in [0.25, 0.3) is 10.4 Å². The summed E-state index contributed by atoms with van der Waals surface area (Å²) in [6.07, 6.45) is 2.17. The van der Waals surface area contributed by atoms with Crippen LogP contribution in [0.15, 0.2) is 5.11 Å². The van der Waals surface area contributed by atoms with Crippen molar-refractivity contribution in [1.82, 2.24) is 4.90 Å². The van der Waals surface area contributed by atoms with Gasteiger partial charge >= 0.3 is 6.09 Å². The molecule has 0 aliphatic carbocycles. The molecule has 0 saturated carbocycles. The van der Waals surface area contributed by atoms with Gasteiger partial charge in [0, 0.05) is 24.6 Å².